The summed E-state index contributed by atoms with van der Waals surface area (Å²) in [5.74, 6) is 0. The Morgan fingerprint density at radius 3 is 0.778 bits per heavy atom. The summed E-state index contributed by atoms with van der Waals surface area (Å²) < 4.78 is 0. The molecule has 0 fully saturated rings. The highest BCUT2D eigenvalue weighted by Gasteiger charge is 1.33. The summed E-state index contributed by atoms with van der Waals surface area (Å²) in [5.41, 5.74) is 9.69. The predicted molar refractivity (Wildman–Crippen MR) is 40.3 cm³/mol. The highest BCUT2D eigenvalue weighted by molar-refractivity contribution is 4.00. The molecule has 0 aromatic heterocycles. The van der Waals surface area contributed by atoms with Crippen molar-refractivity contribution in [3.05, 3.63) is 0 Å². The van der Waals surface area contributed by atoms with Gasteiger partial charge in [0.2, 0.25) is 0 Å². The van der Waals surface area contributed by atoms with Gasteiger partial charge in [0.25, 0.3) is 0 Å². The lowest BCUT2D eigenvalue weighted by atomic mass is 10.8. The third-order valence-electron chi connectivity index (χ3n) is 0. The maximum atomic E-state index is 4.85. The second kappa shape index (κ2) is 111. The third-order valence-corrected chi connectivity index (χ3v) is 0. The Bertz CT molecular complexity index is 15.8. The van der Waals surface area contributed by atoms with Crippen LogP contribution in [0.5, 0.6) is 0 Å². The molecule has 0 aliphatic carbocycles. The molecule has 0 spiro atoms. The fraction of sp³-hybridized carbons (Fsp3) is 1.00. The van der Waals surface area contributed by atoms with Crippen molar-refractivity contribution >= 4 is 0 Å². The summed E-state index contributed by atoms with van der Waals surface area (Å²) >= 11 is 0. The van der Waals surface area contributed by atoms with E-state index < -0.39 is 0 Å². The third kappa shape index (κ3) is 6560. The van der Waals surface area contributed by atoms with Crippen molar-refractivity contribution < 1.29 is 16.4 Å². The second-order valence-electron chi connectivity index (χ2n) is 0.816. The molecule has 0 heterocycles. The van der Waals surface area contributed by atoms with Crippen LogP contribution in [0.3, 0.4) is 0 Å². The van der Waals surface area contributed by atoms with Crippen LogP contribution in [-0.4, -0.2) is 29.5 Å². The van der Waals surface area contributed by atoms with Crippen LogP contribution in [-0.2, 0) is 0 Å². The molecule has 0 aromatic carbocycles. The summed E-state index contributed by atoms with van der Waals surface area (Å²) in [6.45, 7) is 5.31. The highest BCUT2D eigenvalue weighted by Crippen LogP contribution is 1.20. The van der Waals surface area contributed by atoms with E-state index in [1.807, 2.05) is 13.8 Å². The predicted octanol–water partition coefficient (Wildman–Crippen LogP) is -2.54. The van der Waals surface area contributed by atoms with E-state index in [0.717, 1.165) is 13.1 Å². The molecule has 9 heavy (non-hydrogen) atoms. The van der Waals surface area contributed by atoms with Gasteiger partial charge in [-0.15, -0.1) is 0 Å². The van der Waals surface area contributed by atoms with E-state index in [1.54, 1.807) is 0 Å². The average Bonchev–Trinajstić information content (AvgIpc) is 1.39. The minimum absolute atomic E-state index is 0. The van der Waals surface area contributed by atoms with Gasteiger partial charge in [0.05, 0.1) is 0 Å². The molecule has 0 aromatic rings. The van der Waals surface area contributed by atoms with Gasteiger partial charge < -0.3 is 27.9 Å². The van der Waals surface area contributed by atoms with E-state index >= 15 is 0 Å². The van der Waals surface area contributed by atoms with Crippen molar-refractivity contribution in [2.24, 2.45) is 11.5 Å². The van der Waals surface area contributed by atoms with Crippen molar-refractivity contribution in [1.29, 1.82) is 0 Å². The number of hydrogen-bond donors (Lipinski definition) is 2. The molecular formula is C4H20N2O3. The van der Waals surface area contributed by atoms with E-state index in [2.05, 4.69) is 0 Å². The van der Waals surface area contributed by atoms with Crippen LogP contribution in [0.25, 0.3) is 0 Å². The Kier molecular flexibility index (Phi) is 459. The average molecular weight is 144 g/mol. The standard InChI is InChI=1S/2C2H7N.3H2O/c2*1-2-3;;;/h2*2-3H2,1H3;3*1H2. The quantitative estimate of drug-likeness (QED) is 0.385. The minimum Gasteiger partial charge on any atom is -0.412 e. The van der Waals surface area contributed by atoms with Crippen molar-refractivity contribution in [3.8, 4) is 0 Å². The lowest BCUT2D eigenvalue weighted by molar-refractivity contribution is 0.823. The molecule has 64 valence electrons. The Labute approximate surface area is 56.0 Å². The molecule has 0 aliphatic heterocycles. The van der Waals surface area contributed by atoms with Gasteiger partial charge >= 0.3 is 0 Å². The van der Waals surface area contributed by atoms with E-state index in [9.17, 15) is 0 Å². The first kappa shape index (κ1) is 37.1. The Morgan fingerprint density at radius 1 is 0.778 bits per heavy atom. The van der Waals surface area contributed by atoms with Gasteiger partial charge in [-0.05, 0) is 13.1 Å². The lowest BCUT2D eigenvalue weighted by Crippen LogP contribution is -1.87. The minimum atomic E-state index is 0. The molecular weight excluding hydrogens is 124 g/mol. The molecule has 5 heteroatoms. The lowest BCUT2D eigenvalue weighted by Gasteiger charge is -1.53. The van der Waals surface area contributed by atoms with Gasteiger partial charge in [0, 0.05) is 0 Å². The zero-order valence-corrected chi connectivity index (χ0v) is 6.07. The number of nitrogens with two attached hydrogens (primary N) is 2. The van der Waals surface area contributed by atoms with Crippen LogP contribution in [0, 0.1) is 0 Å². The molecule has 0 radical (unpaired) electrons. The van der Waals surface area contributed by atoms with Crippen molar-refractivity contribution in [2.45, 2.75) is 13.8 Å². The van der Waals surface area contributed by atoms with Crippen LogP contribution in [0.15, 0.2) is 0 Å². The largest absolute Gasteiger partial charge is 0.412 e. The molecule has 0 unspecified atom stereocenters. The normalized spacial score (nSPS) is 4.00. The summed E-state index contributed by atoms with van der Waals surface area (Å²) in [6, 6.07) is 0. The van der Waals surface area contributed by atoms with Crippen molar-refractivity contribution in [1.82, 2.24) is 0 Å². The Morgan fingerprint density at radius 2 is 0.778 bits per heavy atom. The zero-order valence-electron chi connectivity index (χ0n) is 6.07. The van der Waals surface area contributed by atoms with Crippen molar-refractivity contribution in [2.75, 3.05) is 13.1 Å². The van der Waals surface area contributed by atoms with Crippen LogP contribution >= 0.6 is 0 Å². The van der Waals surface area contributed by atoms with Gasteiger partial charge in [-0.2, -0.15) is 0 Å². The van der Waals surface area contributed by atoms with Gasteiger partial charge in [-0.3, -0.25) is 0 Å². The molecule has 0 aliphatic rings. The maximum Gasteiger partial charge on any atom is -0.0106 e. The maximum absolute atomic E-state index is 4.85. The first-order chi connectivity index (χ1) is 2.83. The summed E-state index contributed by atoms with van der Waals surface area (Å²) in [4.78, 5) is 0. The van der Waals surface area contributed by atoms with Crippen LogP contribution in [0.2, 0.25) is 0 Å². The van der Waals surface area contributed by atoms with Crippen LogP contribution < -0.4 is 11.5 Å². The van der Waals surface area contributed by atoms with E-state index in [0.29, 0.717) is 0 Å². The molecule has 10 N–H and O–H groups in total. The van der Waals surface area contributed by atoms with Crippen LogP contribution in [0.1, 0.15) is 13.8 Å². The first-order valence-corrected chi connectivity index (χ1v) is 2.23. The van der Waals surface area contributed by atoms with Crippen LogP contribution in [0.4, 0.5) is 0 Å². The molecule has 5 nitrogen and oxygen atoms in total. The van der Waals surface area contributed by atoms with E-state index in [4.69, 9.17) is 11.5 Å². The molecule has 0 saturated carbocycles. The molecule has 0 saturated heterocycles. The molecule has 0 atom stereocenters. The summed E-state index contributed by atoms with van der Waals surface area (Å²) in [5, 5.41) is 0. The fourth-order valence-electron chi connectivity index (χ4n) is 0. The van der Waals surface area contributed by atoms with Gasteiger partial charge in [-0.1, -0.05) is 13.8 Å². The molecule has 0 rings (SSSR count). The Balaban J connectivity index is -0.00000000889. The summed E-state index contributed by atoms with van der Waals surface area (Å²) in [7, 11) is 0. The second-order valence-corrected chi connectivity index (χ2v) is 0.816. The fourth-order valence-corrected chi connectivity index (χ4v) is 0. The van der Waals surface area contributed by atoms with E-state index in [1.165, 1.54) is 0 Å². The zero-order chi connectivity index (χ0) is 5.41. The SMILES string of the molecule is CCN.CCN.O.O.O. The van der Waals surface area contributed by atoms with Gasteiger partial charge in [-0.25, -0.2) is 0 Å². The number of rotatable bonds is 0. The first-order valence-electron chi connectivity index (χ1n) is 2.23. The topological polar surface area (TPSA) is 147 Å². The van der Waals surface area contributed by atoms with Gasteiger partial charge in [0.15, 0.2) is 0 Å². The highest BCUT2D eigenvalue weighted by atomic mass is 16.0. The van der Waals surface area contributed by atoms with E-state index in [-0.39, 0.29) is 16.4 Å². The van der Waals surface area contributed by atoms with Crippen molar-refractivity contribution in [3.63, 3.8) is 0 Å². The smallest absolute Gasteiger partial charge is 0.0106 e. The number of hydrogen-bond acceptors (Lipinski definition) is 2. The molecule has 0 amide bonds. The Hall–Kier alpha value is -0.200. The molecule has 0 bridgehead atoms. The summed E-state index contributed by atoms with van der Waals surface area (Å²) in [6.07, 6.45) is 0. The monoisotopic (exact) mass is 144 g/mol. The van der Waals surface area contributed by atoms with Gasteiger partial charge in [0.1, 0.15) is 0 Å².